The average molecular weight is 400 g/mol. The predicted molar refractivity (Wildman–Crippen MR) is 93.0 cm³/mol. The van der Waals surface area contributed by atoms with Crippen LogP contribution in [0.4, 0.5) is 38.3 Å². The zero-order chi connectivity index (χ0) is 20.5. The monoisotopic (exact) mass is 400 g/mol. The molecule has 0 aliphatic carbocycles. The summed E-state index contributed by atoms with van der Waals surface area (Å²) in [7, 11) is 0. The number of carbonyl (C=O) groups is 1. The van der Waals surface area contributed by atoms with Gasteiger partial charge in [0, 0.05) is 37.6 Å². The highest BCUT2D eigenvalue weighted by Crippen LogP contribution is 2.32. The van der Waals surface area contributed by atoms with Crippen LogP contribution in [-0.4, -0.2) is 41.6 Å². The van der Waals surface area contributed by atoms with E-state index < -0.39 is 29.4 Å². The van der Waals surface area contributed by atoms with E-state index in [0.29, 0.717) is 25.2 Å². The van der Waals surface area contributed by atoms with Gasteiger partial charge in [-0.15, -0.1) is 0 Å². The molecule has 1 atom stereocenters. The molecule has 150 valence electrons. The fourth-order valence-corrected chi connectivity index (χ4v) is 3.08. The van der Waals surface area contributed by atoms with Gasteiger partial charge in [-0.05, 0) is 37.3 Å². The number of benzene rings is 1. The molecule has 0 radical (unpaired) electrons. The maximum absolute atomic E-state index is 13.9. The molecule has 2 heterocycles. The maximum atomic E-state index is 13.9. The number of nitrogens with one attached hydrogen (secondary N) is 1. The third-order valence-corrected chi connectivity index (χ3v) is 4.45. The van der Waals surface area contributed by atoms with Crippen LogP contribution in [0, 0.1) is 11.6 Å². The fourth-order valence-electron chi connectivity index (χ4n) is 3.08. The molecule has 0 spiro atoms. The molecule has 1 N–H and O–H groups in total. The number of anilines is 2. The number of hydrogen-bond donors (Lipinski definition) is 1. The quantitative estimate of drug-likeness (QED) is 0.772. The lowest BCUT2D eigenvalue weighted by molar-refractivity contribution is -0.139. The first-order valence-corrected chi connectivity index (χ1v) is 8.46. The Kier molecular flexibility index (Phi) is 5.39. The van der Waals surface area contributed by atoms with Crippen LogP contribution in [0.5, 0.6) is 0 Å². The van der Waals surface area contributed by atoms with Crippen LogP contribution in [0.15, 0.2) is 36.5 Å². The van der Waals surface area contributed by atoms with E-state index in [0.717, 1.165) is 6.07 Å². The first kappa shape index (κ1) is 19.8. The van der Waals surface area contributed by atoms with E-state index >= 15 is 0 Å². The molecular weight excluding hydrogens is 383 g/mol. The summed E-state index contributed by atoms with van der Waals surface area (Å²) in [5.41, 5.74) is -1.48. The molecule has 2 amide bonds. The summed E-state index contributed by atoms with van der Waals surface area (Å²) in [5.74, 6) is -1.74. The van der Waals surface area contributed by atoms with Crippen molar-refractivity contribution in [2.75, 3.05) is 29.9 Å². The highest BCUT2D eigenvalue weighted by Gasteiger charge is 2.34. The maximum Gasteiger partial charge on any atom is 0.419 e. The lowest BCUT2D eigenvalue weighted by atomic mass is 10.1. The normalized spacial score (nSPS) is 17.6. The number of aromatic nitrogens is 1. The molecular formula is C18H17F5N4O. The highest BCUT2D eigenvalue weighted by molar-refractivity contribution is 5.89. The van der Waals surface area contributed by atoms with Crippen LogP contribution in [0.3, 0.4) is 0 Å². The molecule has 1 fully saturated rings. The molecule has 0 unspecified atom stereocenters. The van der Waals surface area contributed by atoms with Gasteiger partial charge in [-0.3, -0.25) is 0 Å². The molecule has 1 aromatic carbocycles. The van der Waals surface area contributed by atoms with Crippen molar-refractivity contribution in [3.8, 4) is 0 Å². The van der Waals surface area contributed by atoms with E-state index in [1.165, 1.54) is 23.2 Å². The Hall–Kier alpha value is -2.91. The zero-order valence-corrected chi connectivity index (χ0v) is 14.8. The Bertz CT molecular complexity index is 873. The number of hydrogen-bond acceptors (Lipinski definition) is 3. The zero-order valence-electron chi connectivity index (χ0n) is 14.8. The Morgan fingerprint density at radius 3 is 2.54 bits per heavy atom. The van der Waals surface area contributed by atoms with Gasteiger partial charge in [0.25, 0.3) is 0 Å². The molecule has 1 aromatic heterocycles. The number of halogens is 5. The van der Waals surface area contributed by atoms with Gasteiger partial charge in [-0.1, -0.05) is 0 Å². The van der Waals surface area contributed by atoms with Crippen LogP contribution >= 0.6 is 0 Å². The van der Waals surface area contributed by atoms with E-state index in [2.05, 4.69) is 10.3 Å². The van der Waals surface area contributed by atoms with Crippen molar-refractivity contribution in [2.45, 2.75) is 19.1 Å². The van der Waals surface area contributed by atoms with E-state index in [-0.39, 0.29) is 24.1 Å². The first-order chi connectivity index (χ1) is 13.2. The minimum absolute atomic E-state index is 0.0825. The van der Waals surface area contributed by atoms with Crippen molar-refractivity contribution in [1.82, 2.24) is 9.88 Å². The molecule has 2 aromatic rings. The number of pyridine rings is 1. The number of nitrogens with zero attached hydrogens (tertiary/aromatic N) is 3. The van der Waals surface area contributed by atoms with Gasteiger partial charge < -0.3 is 15.1 Å². The second-order valence-electron chi connectivity index (χ2n) is 6.42. The van der Waals surface area contributed by atoms with Crippen LogP contribution in [0.25, 0.3) is 0 Å². The highest BCUT2D eigenvalue weighted by atomic mass is 19.4. The Morgan fingerprint density at radius 1 is 1.18 bits per heavy atom. The average Bonchev–Trinajstić information content (AvgIpc) is 2.60. The van der Waals surface area contributed by atoms with Gasteiger partial charge in [-0.2, -0.15) is 13.2 Å². The molecule has 10 heteroatoms. The summed E-state index contributed by atoms with van der Waals surface area (Å²) >= 11 is 0. The van der Waals surface area contributed by atoms with Gasteiger partial charge in [0.05, 0.1) is 5.56 Å². The predicted octanol–water partition coefficient (Wildman–Crippen LogP) is 4.12. The molecule has 28 heavy (non-hydrogen) atoms. The summed E-state index contributed by atoms with van der Waals surface area (Å²) in [6.07, 6.45) is -3.33. The molecule has 1 saturated heterocycles. The largest absolute Gasteiger partial charge is 0.419 e. The van der Waals surface area contributed by atoms with E-state index in [4.69, 9.17) is 0 Å². The number of alkyl halides is 3. The minimum Gasteiger partial charge on any atom is -0.350 e. The molecule has 1 aliphatic rings. The van der Waals surface area contributed by atoms with Gasteiger partial charge >= 0.3 is 12.2 Å². The Labute approximate surface area is 157 Å². The van der Waals surface area contributed by atoms with Gasteiger partial charge in [0.1, 0.15) is 5.82 Å². The minimum atomic E-state index is -4.81. The standard InChI is InChI=1S/C18H17F5N4O/c1-11-10-26(16-14(19)3-2-6-24-16)7-8-27(11)17(28)25-12-4-5-13(15(20)9-12)18(21,22)23/h2-6,9,11H,7-8,10H2,1H3,(H,25,28)/t11-/m1/s1. The lowest BCUT2D eigenvalue weighted by Crippen LogP contribution is -2.55. The number of piperazine rings is 1. The number of amides is 2. The van der Waals surface area contributed by atoms with Crippen molar-refractivity contribution in [3.63, 3.8) is 0 Å². The molecule has 1 aliphatic heterocycles. The Morgan fingerprint density at radius 2 is 1.93 bits per heavy atom. The van der Waals surface area contributed by atoms with Crippen LogP contribution in [0.2, 0.25) is 0 Å². The summed E-state index contributed by atoms with van der Waals surface area (Å²) in [4.78, 5) is 19.6. The second-order valence-corrected chi connectivity index (χ2v) is 6.42. The third-order valence-electron chi connectivity index (χ3n) is 4.45. The SMILES string of the molecule is C[C@@H]1CN(c2ncccc2F)CCN1C(=O)Nc1ccc(C(F)(F)F)c(F)c1. The summed E-state index contributed by atoms with van der Waals surface area (Å²) in [6.45, 7) is 2.64. The lowest BCUT2D eigenvalue weighted by Gasteiger charge is -2.40. The summed E-state index contributed by atoms with van der Waals surface area (Å²) in [6, 6.07) is 4.08. The van der Waals surface area contributed by atoms with E-state index in [1.807, 2.05) is 0 Å². The number of rotatable bonds is 2. The molecule has 5 nitrogen and oxygen atoms in total. The smallest absolute Gasteiger partial charge is 0.350 e. The van der Waals surface area contributed by atoms with Gasteiger partial charge in [0.2, 0.25) is 0 Å². The number of urea groups is 1. The van der Waals surface area contributed by atoms with Crippen molar-refractivity contribution in [2.24, 2.45) is 0 Å². The van der Waals surface area contributed by atoms with Crippen molar-refractivity contribution < 1.29 is 26.7 Å². The van der Waals surface area contributed by atoms with Crippen LogP contribution in [0.1, 0.15) is 12.5 Å². The third kappa shape index (κ3) is 4.15. The topological polar surface area (TPSA) is 48.5 Å². The van der Waals surface area contributed by atoms with Gasteiger partial charge in [0.15, 0.2) is 11.6 Å². The summed E-state index contributed by atoms with van der Waals surface area (Å²) in [5, 5.41) is 2.40. The van der Waals surface area contributed by atoms with Gasteiger partial charge in [-0.25, -0.2) is 18.6 Å². The molecule has 0 bridgehead atoms. The van der Waals surface area contributed by atoms with E-state index in [9.17, 15) is 26.7 Å². The van der Waals surface area contributed by atoms with E-state index in [1.54, 1.807) is 11.8 Å². The van der Waals surface area contributed by atoms with Crippen LogP contribution in [-0.2, 0) is 6.18 Å². The Balaban J connectivity index is 1.66. The van der Waals surface area contributed by atoms with Crippen molar-refractivity contribution in [1.29, 1.82) is 0 Å². The van der Waals surface area contributed by atoms with Crippen molar-refractivity contribution in [3.05, 3.63) is 53.7 Å². The second kappa shape index (κ2) is 7.61. The number of carbonyl (C=O) groups excluding carboxylic acids is 1. The molecule has 3 rings (SSSR count). The first-order valence-electron chi connectivity index (χ1n) is 8.46. The molecule has 0 saturated carbocycles. The van der Waals surface area contributed by atoms with Crippen molar-refractivity contribution >= 4 is 17.5 Å². The fraction of sp³-hybridized carbons (Fsp3) is 0.333. The van der Waals surface area contributed by atoms with Crippen LogP contribution < -0.4 is 10.2 Å². The summed E-state index contributed by atoms with van der Waals surface area (Å²) < 4.78 is 65.4.